The first-order chi connectivity index (χ1) is 14.0. The van der Waals surface area contributed by atoms with Gasteiger partial charge in [-0.3, -0.25) is 9.69 Å². The lowest BCUT2D eigenvalue weighted by Crippen LogP contribution is -2.39. The summed E-state index contributed by atoms with van der Waals surface area (Å²) in [6, 6.07) is 12.8. The van der Waals surface area contributed by atoms with Gasteiger partial charge in [0.15, 0.2) is 21.3 Å². The van der Waals surface area contributed by atoms with Crippen LogP contribution in [0.3, 0.4) is 0 Å². The molecule has 0 radical (unpaired) electrons. The number of benzene rings is 2. The summed E-state index contributed by atoms with van der Waals surface area (Å²) in [7, 11) is -2.90. The Bertz CT molecular complexity index is 992. The van der Waals surface area contributed by atoms with Gasteiger partial charge in [-0.25, -0.2) is 8.42 Å². The Labute approximate surface area is 170 Å². The highest BCUT2D eigenvalue weighted by Gasteiger charge is 2.21. The predicted octanol–water partition coefficient (Wildman–Crippen LogP) is 2.33. The van der Waals surface area contributed by atoms with Gasteiger partial charge in [0.25, 0.3) is 5.91 Å². The molecule has 154 valence electrons. The van der Waals surface area contributed by atoms with Crippen LogP contribution in [-0.2, 0) is 16.4 Å². The van der Waals surface area contributed by atoms with Crippen LogP contribution in [0, 0.1) is 0 Å². The molecule has 0 aliphatic carbocycles. The number of hydrogen-bond donors (Lipinski definition) is 1. The molecule has 29 heavy (non-hydrogen) atoms. The SMILES string of the molecule is O=C(Nc1ccc2c(c1)OCCCO2)c1cccc(CN2CCS(=O)(=O)CC2)c1. The normalized spacial score (nSPS) is 18.6. The van der Waals surface area contributed by atoms with Crippen molar-refractivity contribution in [2.45, 2.75) is 13.0 Å². The number of carbonyl (C=O) groups is 1. The van der Waals surface area contributed by atoms with Gasteiger partial charge in [0.05, 0.1) is 24.7 Å². The van der Waals surface area contributed by atoms with Crippen LogP contribution in [0.1, 0.15) is 22.3 Å². The first-order valence-corrected chi connectivity index (χ1v) is 11.5. The molecule has 1 amide bonds. The summed E-state index contributed by atoms with van der Waals surface area (Å²) in [6.45, 7) is 2.88. The molecule has 0 bridgehead atoms. The zero-order valence-electron chi connectivity index (χ0n) is 16.1. The van der Waals surface area contributed by atoms with Crippen LogP contribution in [0.2, 0.25) is 0 Å². The Morgan fingerprint density at radius 1 is 1.00 bits per heavy atom. The molecule has 1 saturated heterocycles. The highest BCUT2D eigenvalue weighted by Crippen LogP contribution is 2.32. The molecule has 0 saturated carbocycles. The van der Waals surface area contributed by atoms with E-state index in [1.165, 1.54) is 0 Å². The summed E-state index contributed by atoms with van der Waals surface area (Å²) < 4.78 is 34.4. The van der Waals surface area contributed by atoms with Crippen LogP contribution in [0.5, 0.6) is 11.5 Å². The van der Waals surface area contributed by atoms with Crippen molar-refractivity contribution in [2.75, 3.05) is 43.1 Å². The largest absolute Gasteiger partial charge is 0.490 e. The average molecular weight is 416 g/mol. The van der Waals surface area contributed by atoms with Crippen molar-refractivity contribution in [2.24, 2.45) is 0 Å². The number of fused-ring (bicyclic) bond motifs is 1. The first kappa shape index (κ1) is 19.7. The van der Waals surface area contributed by atoms with Crippen molar-refractivity contribution in [1.82, 2.24) is 4.90 Å². The molecule has 8 heteroatoms. The van der Waals surface area contributed by atoms with Crippen molar-refractivity contribution in [3.63, 3.8) is 0 Å². The molecule has 0 spiro atoms. The Kier molecular flexibility index (Phi) is 5.73. The van der Waals surface area contributed by atoms with E-state index >= 15 is 0 Å². The van der Waals surface area contributed by atoms with Gasteiger partial charge in [0.1, 0.15) is 0 Å². The molecule has 0 atom stereocenters. The maximum absolute atomic E-state index is 12.7. The van der Waals surface area contributed by atoms with E-state index in [-0.39, 0.29) is 17.4 Å². The number of amides is 1. The lowest BCUT2D eigenvalue weighted by atomic mass is 10.1. The number of nitrogens with zero attached hydrogens (tertiary/aromatic N) is 1. The summed E-state index contributed by atoms with van der Waals surface area (Å²) in [5, 5.41) is 2.90. The van der Waals surface area contributed by atoms with Gasteiger partial charge in [-0.2, -0.15) is 0 Å². The van der Waals surface area contributed by atoms with Crippen LogP contribution in [0.15, 0.2) is 42.5 Å². The molecule has 2 aliphatic rings. The molecule has 1 fully saturated rings. The monoisotopic (exact) mass is 416 g/mol. The topological polar surface area (TPSA) is 84.9 Å². The third kappa shape index (κ3) is 5.07. The molecule has 1 N–H and O–H groups in total. The van der Waals surface area contributed by atoms with E-state index in [1.807, 2.05) is 18.2 Å². The van der Waals surface area contributed by atoms with Gasteiger partial charge in [-0.15, -0.1) is 0 Å². The fourth-order valence-corrected chi connectivity index (χ4v) is 4.70. The summed E-state index contributed by atoms with van der Waals surface area (Å²) in [6.07, 6.45) is 0.826. The Morgan fingerprint density at radius 3 is 2.55 bits per heavy atom. The molecule has 2 aliphatic heterocycles. The summed E-state index contributed by atoms with van der Waals surface area (Å²) in [5.74, 6) is 1.50. The molecule has 2 heterocycles. The minimum absolute atomic E-state index is 0.192. The zero-order chi connectivity index (χ0) is 20.3. The molecule has 2 aromatic rings. The van der Waals surface area contributed by atoms with E-state index in [0.29, 0.717) is 55.6 Å². The number of rotatable bonds is 4. The Balaban J connectivity index is 1.42. The third-order valence-corrected chi connectivity index (χ3v) is 6.65. The van der Waals surface area contributed by atoms with Gasteiger partial charge in [0, 0.05) is 43.4 Å². The highest BCUT2D eigenvalue weighted by molar-refractivity contribution is 7.91. The number of sulfone groups is 1. The minimum atomic E-state index is -2.90. The standard InChI is InChI=1S/C21H24N2O5S/c24-21(22-18-5-6-19-20(14-18)28-10-2-9-27-19)17-4-1-3-16(13-17)15-23-7-11-29(25,26)12-8-23/h1,3-6,13-14H,2,7-12,15H2,(H,22,24). The summed E-state index contributed by atoms with van der Waals surface area (Å²) in [4.78, 5) is 14.8. The summed E-state index contributed by atoms with van der Waals surface area (Å²) >= 11 is 0. The van der Waals surface area contributed by atoms with Crippen molar-refractivity contribution >= 4 is 21.4 Å². The Hall–Kier alpha value is -2.58. The maximum Gasteiger partial charge on any atom is 0.255 e. The fourth-order valence-electron chi connectivity index (χ4n) is 3.42. The quantitative estimate of drug-likeness (QED) is 0.824. The fraction of sp³-hybridized carbons (Fsp3) is 0.381. The molecule has 2 aromatic carbocycles. The molecule has 0 aromatic heterocycles. The van der Waals surface area contributed by atoms with Crippen LogP contribution in [0.4, 0.5) is 5.69 Å². The number of ether oxygens (including phenoxy) is 2. The lowest BCUT2D eigenvalue weighted by molar-refractivity contribution is 0.102. The lowest BCUT2D eigenvalue weighted by Gasteiger charge is -2.26. The molecular formula is C21H24N2O5S. The number of anilines is 1. The van der Waals surface area contributed by atoms with Crippen LogP contribution in [-0.4, -0.2) is 57.0 Å². The van der Waals surface area contributed by atoms with Gasteiger partial charge in [0.2, 0.25) is 0 Å². The third-order valence-electron chi connectivity index (χ3n) is 5.04. The van der Waals surface area contributed by atoms with Crippen molar-refractivity contribution in [3.05, 3.63) is 53.6 Å². The molecule has 7 nitrogen and oxygen atoms in total. The van der Waals surface area contributed by atoms with Crippen molar-refractivity contribution < 1.29 is 22.7 Å². The summed E-state index contributed by atoms with van der Waals surface area (Å²) in [5.41, 5.74) is 2.18. The van der Waals surface area contributed by atoms with Crippen LogP contribution >= 0.6 is 0 Å². The van der Waals surface area contributed by atoms with Gasteiger partial charge < -0.3 is 14.8 Å². The van der Waals surface area contributed by atoms with E-state index in [9.17, 15) is 13.2 Å². The van der Waals surface area contributed by atoms with E-state index in [0.717, 1.165) is 12.0 Å². The van der Waals surface area contributed by atoms with Gasteiger partial charge in [-0.1, -0.05) is 12.1 Å². The van der Waals surface area contributed by atoms with E-state index in [4.69, 9.17) is 9.47 Å². The van der Waals surface area contributed by atoms with E-state index in [1.54, 1.807) is 24.3 Å². The van der Waals surface area contributed by atoms with Crippen LogP contribution in [0.25, 0.3) is 0 Å². The Morgan fingerprint density at radius 2 is 1.76 bits per heavy atom. The number of nitrogens with one attached hydrogen (secondary N) is 1. The zero-order valence-corrected chi connectivity index (χ0v) is 16.9. The van der Waals surface area contributed by atoms with Crippen LogP contribution < -0.4 is 14.8 Å². The number of carbonyl (C=O) groups excluding carboxylic acids is 1. The second kappa shape index (κ2) is 8.42. The second-order valence-corrected chi connectivity index (χ2v) is 9.60. The average Bonchev–Trinajstić information content (AvgIpc) is 2.95. The van der Waals surface area contributed by atoms with Gasteiger partial charge in [-0.05, 0) is 29.8 Å². The number of hydrogen-bond acceptors (Lipinski definition) is 6. The maximum atomic E-state index is 12.7. The second-order valence-electron chi connectivity index (χ2n) is 7.29. The van der Waals surface area contributed by atoms with E-state index in [2.05, 4.69) is 10.2 Å². The molecule has 4 rings (SSSR count). The van der Waals surface area contributed by atoms with E-state index < -0.39 is 9.84 Å². The molecule has 0 unspecified atom stereocenters. The highest BCUT2D eigenvalue weighted by atomic mass is 32.2. The van der Waals surface area contributed by atoms with Crippen molar-refractivity contribution in [3.8, 4) is 11.5 Å². The smallest absolute Gasteiger partial charge is 0.255 e. The molecular weight excluding hydrogens is 392 g/mol. The first-order valence-electron chi connectivity index (χ1n) is 9.71. The predicted molar refractivity (Wildman–Crippen MR) is 110 cm³/mol. The minimum Gasteiger partial charge on any atom is -0.490 e. The van der Waals surface area contributed by atoms with Gasteiger partial charge >= 0.3 is 0 Å². The van der Waals surface area contributed by atoms with Crippen molar-refractivity contribution in [1.29, 1.82) is 0 Å².